The Morgan fingerprint density at radius 3 is 2.18 bits per heavy atom. The highest BCUT2D eigenvalue weighted by atomic mass is 79.9. The first-order valence-corrected chi connectivity index (χ1v) is 7.34. The van der Waals surface area contributed by atoms with E-state index in [1.165, 1.54) is 42.4 Å². The van der Waals surface area contributed by atoms with Crippen LogP contribution in [0.4, 0.5) is 0 Å². The summed E-state index contributed by atoms with van der Waals surface area (Å²) in [7, 11) is 1.75. The minimum Gasteiger partial charge on any atom is -0.496 e. The van der Waals surface area contributed by atoms with Gasteiger partial charge in [-0.25, -0.2) is 0 Å². The summed E-state index contributed by atoms with van der Waals surface area (Å²) in [6, 6.07) is 4.53. The molecule has 0 aromatic heterocycles. The van der Waals surface area contributed by atoms with Crippen molar-refractivity contribution < 1.29 is 4.74 Å². The molecule has 0 spiro atoms. The molecule has 0 heterocycles. The maximum absolute atomic E-state index is 5.42. The van der Waals surface area contributed by atoms with Crippen LogP contribution in [0.3, 0.4) is 0 Å². The molecule has 1 fully saturated rings. The molecular weight excluding hydrogens is 276 g/mol. The summed E-state index contributed by atoms with van der Waals surface area (Å²) >= 11 is 3.89. The second-order valence-corrected chi connectivity index (χ2v) is 6.12. The zero-order valence-electron chi connectivity index (χ0n) is 10.9. The standard InChI is InChI=1S/C15H21BrO/c1-10-8-13(9-11(2)15(10)17-3)14(16)12-6-4-5-7-12/h8-9,12,14H,4-7H2,1-3H3. The number of benzene rings is 1. The van der Waals surface area contributed by atoms with Crippen molar-refractivity contribution in [2.24, 2.45) is 5.92 Å². The lowest BCUT2D eigenvalue weighted by Gasteiger charge is -2.20. The largest absolute Gasteiger partial charge is 0.496 e. The molecule has 1 aliphatic rings. The molecule has 1 aliphatic carbocycles. The summed E-state index contributed by atoms with van der Waals surface area (Å²) in [5.74, 6) is 1.84. The summed E-state index contributed by atoms with van der Waals surface area (Å²) in [4.78, 5) is 0.508. The molecule has 0 saturated heterocycles. The van der Waals surface area contributed by atoms with E-state index in [1.54, 1.807) is 7.11 Å². The topological polar surface area (TPSA) is 9.23 Å². The predicted molar refractivity (Wildman–Crippen MR) is 76.1 cm³/mol. The smallest absolute Gasteiger partial charge is 0.124 e. The van der Waals surface area contributed by atoms with Gasteiger partial charge in [0.2, 0.25) is 0 Å². The third kappa shape index (κ3) is 2.67. The van der Waals surface area contributed by atoms with Gasteiger partial charge in [-0.2, -0.15) is 0 Å². The molecule has 1 aromatic carbocycles. The van der Waals surface area contributed by atoms with Crippen LogP contribution in [0.1, 0.15) is 47.2 Å². The van der Waals surface area contributed by atoms with Crippen molar-refractivity contribution in [1.29, 1.82) is 0 Å². The second kappa shape index (κ2) is 5.43. The second-order valence-electron chi connectivity index (χ2n) is 5.13. The maximum Gasteiger partial charge on any atom is 0.124 e. The normalized spacial score (nSPS) is 18.4. The maximum atomic E-state index is 5.42. The Labute approximate surface area is 113 Å². The fourth-order valence-corrected chi connectivity index (χ4v) is 3.78. The lowest BCUT2D eigenvalue weighted by Crippen LogP contribution is -2.04. The Hall–Kier alpha value is -0.500. The average Bonchev–Trinajstić information content (AvgIpc) is 2.81. The molecule has 0 aliphatic heterocycles. The van der Waals surface area contributed by atoms with Crippen LogP contribution in [0.25, 0.3) is 0 Å². The van der Waals surface area contributed by atoms with E-state index >= 15 is 0 Å². The van der Waals surface area contributed by atoms with Crippen LogP contribution in [0, 0.1) is 19.8 Å². The minimum absolute atomic E-state index is 0.508. The van der Waals surface area contributed by atoms with Crippen molar-refractivity contribution in [1.82, 2.24) is 0 Å². The molecule has 1 unspecified atom stereocenters. The molecule has 0 amide bonds. The first-order valence-electron chi connectivity index (χ1n) is 6.42. The SMILES string of the molecule is COc1c(C)cc(C(Br)C2CCCC2)cc1C. The van der Waals surface area contributed by atoms with Gasteiger partial charge in [-0.05, 0) is 49.3 Å². The Kier molecular flexibility index (Phi) is 4.13. The number of rotatable bonds is 3. The predicted octanol–water partition coefficient (Wildman–Crippen LogP) is 4.94. The quantitative estimate of drug-likeness (QED) is 0.718. The molecule has 1 saturated carbocycles. The van der Waals surface area contributed by atoms with Gasteiger partial charge < -0.3 is 4.74 Å². The Bertz CT molecular complexity index is 371. The minimum atomic E-state index is 0.508. The number of aryl methyl sites for hydroxylation is 2. The van der Waals surface area contributed by atoms with E-state index in [-0.39, 0.29) is 0 Å². The van der Waals surface area contributed by atoms with Gasteiger partial charge in [0.25, 0.3) is 0 Å². The molecule has 17 heavy (non-hydrogen) atoms. The number of alkyl halides is 1. The van der Waals surface area contributed by atoms with Gasteiger partial charge >= 0.3 is 0 Å². The van der Waals surface area contributed by atoms with Gasteiger partial charge in [-0.15, -0.1) is 0 Å². The van der Waals surface area contributed by atoms with Gasteiger partial charge in [0.1, 0.15) is 5.75 Å². The van der Waals surface area contributed by atoms with E-state index in [9.17, 15) is 0 Å². The van der Waals surface area contributed by atoms with Crippen LogP contribution >= 0.6 is 15.9 Å². The third-order valence-electron chi connectivity index (χ3n) is 3.82. The third-order valence-corrected chi connectivity index (χ3v) is 5.10. The van der Waals surface area contributed by atoms with Gasteiger partial charge in [0.05, 0.1) is 7.11 Å². The van der Waals surface area contributed by atoms with E-state index in [0.717, 1.165) is 11.7 Å². The van der Waals surface area contributed by atoms with E-state index < -0.39 is 0 Å². The molecule has 0 radical (unpaired) electrons. The summed E-state index contributed by atoms with van der Waals surface area (Å²) in [6.07, 6.45) is 5.50. The van der Waals surface area contributed by atoms with E-state index in [4.69, 9.17) is 4.74 Å². The van der Waals surface area contributed by atoms with Crippen molar-refractivity contribution in [3.63, 3.8) is 0 Å². The molecule has 94 valence electrons. The van der Waals surface area contributed by atoms with Crippen LogP contribution in [-0.4, -0.2) is 7.11 Å². The molecular formula is C15H21BrO. The van der Waals surface area contributed by atoms with Crippen LogP contribution in [-0.2, 0) is 0 Å². The zero-order chi connectivity index (χ0) is 12.4. The van der Waals surface area contributed by atoms with Crippen molar-refractivity contribution in [3.8, 4) is 5.75 Å². The highest BCUT2D eigenvalue weighted by Gasteiger charge is 2.24. The Morgan fingerprint density at radius 1 is 1.18 bits per heavy atom. The van der Waals surface area contributed by atoms with Gasteiger partial charge in [-0.1, -0.05) is 40.9 Å². The number of ether oxygens (including phenoxy) is 1. The molecule has 1 nitrogen and oxygen atoms in total. The molecule has 0 N–H and O–H groups in total. The monoisotopic (exact) mass is 296 g/mol. The highest BCUT2D eigenvalue weighted by molar-refractivity contribution is 9.09. The Morgan fingerprint density at radius 2 is 1.71 bits per heavy atom. The van der Waals surface area contributed by atoms with E-state index in [0.29, 0.717) is 4.83 Å². The van der Waals surface area contributed by atoms with Crippen LogP contribution in [0.15, 0.2) is 12.1 Å². The van der Waals surface area contributed by atoms with E-state index in [2.05, 4.69) is 41.9 Å². The van der Waals surface area contributed by atoms with Crippen LogP contribution in [0.2, 0.25) is 0 Å². The number of halogens is 1. The average molecular weight is 297 g/mol. The molecule has 1 atom stereocenters. The van der Waals surface area contributed by atoms with Crippen LogP contribution in [0.5, 0.6) is 5.75 Å². The zero-order valence-corrected chi connectivity index (χ0v) is 12.5. The molecule has 0 bridgehead atoms. The fourth-order valence-electron chi connectivity index (χ4n) is 2.99. The summed E-state index contributed by atoms with van der Waals surface area (Å²) in [5.41, 5.74) is 3.89. The lowest BCUT2D eigenvalue weighted by molar-refractivity contribution is 0.408. The van der Waals surface area contributed by atoms with Crippen molar-refractivity contribution in [2.75, 3.05) is 7.11 Å². The number of methoxy groups -OCH3 is 1. The van der Waals surface area contributed by atoms with Crippen LogP contribution < -0.4 is 4.74 Å². The van der Waals surface area contributed by atoms with Crippen molar-refractivity contribution in [2.45, 2.75) is 44.4 Å². The highest BCUT2D eigenvalue weighted by Crippen LogP contribution is 2.42. The Balaban J connectivity index is 2.26. The fraction of sp³-hybridized carbons (Fsp3) is 0.600. The van der Waals surface area contributed by atoms with E-state index in [1.807, 2.05) is 0 Å². The first kappa shape index (κ1) is 12.9. The molecule has 1 aromatic rings. The summed E-state index contributed by atoms with van der Waals surface area (Å²) in [6.45, 7) is 4.26. The van der Waals surface area contributed by atoms with Crippen molar-refractivity contribution >= 4 is 15.9 Å². The lowest BCUT2D eigenvalue weighted by atomic mass is 9.95. The van der Waals surface area contributed by atoms with Gasteiger partial charge in [0.15, 0.2) is 0 Å². The molecule has 2 heteroatoms. The summed E-state index contributed by atoms with van der Waals surface area (Å²) in [5, 5.41) is 0. The van der Waals surface area contributed by atoms with Crippen molar-refractivity contribution in [3.05, 3.63) is 28.8 Å². The summed E-state index contributed by atoms with van der Waals surface area (Å²) < 4.78 is 5.42. The number of hydrogen-bond acceptors (Lipinski definition) is 1. The first-order chi connectivity index (χ1) is 8.13. The van der Waals surface area contributed by atoms with Gasteiger partial charge in [-0.3, -0.25) is 0 Å². The number of hydrogen-bond donors (Lipinski definition) is 0. The molecule has 2 rings (SSSR count). The van der Waals surface area contributed by atoms with Gasteiger partial charge in [0, 0.05) is 4.83 Å².